The van der Waals surface area contributed by atoms with Gasteiger partial charge in [0.25, 0.3) is 0 Å². The lowest BCUT2D eigenvalue weighted by Gasteiger charge is -2.10. The normalized spacial score (nSPS) is 10.2. The third-order valence-electron chi connectivity index (χ3n) is 2.49. The number of carboxylic acid groups (broad SMARTS) is 1. The van der Waals surface area contributed by atoms with Gasteiger partial charge in [-0.25, -0.2) is 4.79 Å². The molecule has 2 rings (SSSR count). The van der Waals surface area contributed by atoms with Crippen molar-refractivity contribution in [3.63, 3.8) is 0 Å². The molecule has 0 aliphatic carbocycles. The molecule has 0 bridgehead atoms. The van der Waals surface area contributed by atoms with Gasteiger partial charge in [0.1, 0.15) is 11.5 Å². The summed E-state index contributed by atoms with van der Waals surface area (Å²) in [7, 11) is 1.59. The van der Waals surface area contributed by atoms with Crippen LogP contribution < -0.4 is 10.1 Å². The second-order valence-electron chi connectivity index (χ2n) is 3.77. The van der Waals surface area contributed by atoms with E-state index in [1.807, 2.05) is 18.2 Å². The van der Waals surface area contributed by atoms with Crippen molar-refractivity contribution in [3.8, 4) is 5.75 Å². The average Bonchev–Trinajstić information content (AvgIpc) is 2.85. The van der Waals surface area contributed by atoms with Crippen LogP contribution in [0.1, 0.15) is 16.3 Å². The summed E-state index contributed by atoms with van der Waals surface area (Å²) in [6, 6.07) is 8.63. The van der Waals surface area contributed by atoms with Crippen molar-refractivity contribution in [2.75, 3.05) is 12.4 Å². The summed E-state index contributed by atoms with van der Waals surface area (Å²) in [5.41, 5.74) is 0.796. The second-order valence-corrected chi connectivity index (χ2v) is 4.68. The zero-order valence-corrected chi connectivity index (χ0v) is 11.7. The van der Waals surface area contributed by atoms with Crippen LogP contribution in [0.4, 0.5) is 5.69 Å². The summed E-state index contributed by atoms with van der Waals surface area (Å²) in [6.07, 6.45) is 0. The maximum absolute atomic E-state index is 10.7. The number of benzene rings is 1. The molecule has 0 atom stereocenters. The molecule has 0 unspecified atom stereocenters. The molecule has 2 N–H and O–H groups in total. The van der Waals surface area contributed by atoms with Crippen LogP contribution in [0.15, 0.2) is 39.2 Å². The second kappa shape index (κ2) is 5.79. The van der Waals surface area contributed by atoms with E-state index in [1.54, 1.807) is 13.2 Å². The average molecular weight is 326 g/mol. The number of carboxylic acids is 1. The van der Waals surface area contributed by atoms with Crippen molar-refractivity contribution in [1.82, 2.24) is 0 Å². The minimum Gasteiger partial charge on any atom is -0.495 e. The van der Waals surface area contributed by atoms with Gasteiger partial charge in [0.05, 0.1) is 19.3 Å². The number of ether oxygens (including phenoxy) is 1. The molecule has 2 aromatic rings. The summed E-state index contributed by atoms with van der Waals surface area (Å²) >= 11 is 3.38. The summed E-state index contributed by atoms with van der Waals surface area (Å²) in [6.45, 7) is 0.375. The highest BCUT2D eigenvalue weighted by molar-refractivity contribution is 9.10. The number of furan rings is 1. The Morgan fingerprint density at radius 1 is 1.42 bits per heavy atom. The van der Waals surface area contributed by atoms with Gasteiger partial charge in [-0.05, 0) is 30.3 Å². The molecule has 1 aromatic carbocycles. The molecule has 1 aromatic heterocycles. The van der Waals surface area contributed by atoms with E-state index in [4.69, 9.17) is 14.3 Å². The molecule has 0 aliphatic rings. The molecule has 19 heavy (non-hydrogen) atoms. The van der Waals surface area contributed by atoms with E-state index < -0.39 is 5.97 Å². The monoisotopic (exact) mass is 325 g/mol. The molecule has 0 aliphatic heterocycles. The van der Waals surface area contributed by atoms with Crippen molar-refractivity contribution in [2.24, 2.45) is 0 Å². The summed E-state index contributed by atoms with van der Waals surface area (Å²) < 4.78 is 11.3. The fourth-order valence-corrected chi connectivity index (χ4v) is 1.95. The standard InChI is InChI=1S/C13H12BrNO4/c1-18-11-4-2-8(14)6-10(11)15-7-9-3-5-12(19-9)13(16)17/h2-6,15H,7H2,1H3,(H,16,17). The van der Waals surface area contributed by atoms with Crippen molar-refractivity contribution in [2.45, 2.75) is 6.54 Å². The van der Waals surface area contributed by atoms with E-state index >= 15 is 0 Å². The third-order valence-corrected chi connectivity index (χ3v) is 2.98. The third kappa shape index (κ3) is 3.29. The molecule has 1 heterocycles. The van der Waals surface area contributed by atoms with Gasteiger partial charge in [-0.1, -0.05) is 15.9 Å². The van der Waals surface area contributed by atoms with Gasteiger partial charge in [-0.3, -0.25) is 0 Å². The zero-order valence-electron chi connectivity index (χ0n) is 10.1. The van der Waals surface area contributed by atoms with Crippen LogP contribution >= 0.6 is 15.9 Å². The van der Waals surface area contributed by atoms with Crippen molar-refractivity contribution in [3.05, 3.63) is 46.3 Å². The molecule has 0 amide bonds. The van der Waals surface area contributed by atoms with E-state index in [9.17, 15) is 4.79 Å². The first kappa shape index (κ1) is 13.5. The highest BCUT2D eigenvalue weighted by atomic mass is 79.9. The van der Waals surface area contributed by atoms with Gasteiger partial charge in [-0.15, -0.1) is 0 Å². The van der Waals surface area contributed by atoms with Gasteiger partial charge in [0, 0.05) is 4.47 Å². The number of rotatable bonds is 5. The first-order valence-electron chi connectivity index (χ1n) is 5.49. The number of halogens is 1. The molecular formula is C13H12BrNO4. The van der Waals surface area contributed by atoms with E-state index in [0.29, 0.717) is 18.1 Å². The lowest BCUT2D eigenvalue weighted by atomic mass is 10.3. The summed E-state index contributed by atoms with van der Waals surface area (Å²) in [4.78, 5) is 10.7. The van der Waals surface area contributed by atoms with Crippen molar-refractivity contribution in [1.29, 1.82) is 0 Å². The lowest BCUT2D eigenvalue weighted by Crippen LogP contribution is -2.00. The van der Waals surface area contributed by atoms with Gasteiger partial charge in [0.2, 0.25) is 5.76 Å². The Morgan fingerprint density at radius 2 is 2.21 bits per heavy atom. The van der Waals surface area contributed by atoms with Crippen LogP contribution in [0.2, 0.25) is 0 Å². The highest BCUT2D eigenvalue weighted by Gasteiger charge is 2.09. The number of hydrogen-bond acceptors (Lipinski definition) is 4. The Bertz CT molecular complexity index is 594. The van der Waals surface area contributed by atoms with E-state index in [2.05, 4.69) is 21.2 Å². The van der Waals surface area contributed by atoms with Gasteiger partial charge in [0.15, 0.2) is 0 Å². The number of carbonyl (C=O) groups is 1. The quantitative estimate of drug-likeness (QED) is 0.881. The predicted molar refractivity (Wildman–Crippen MR) is 73.7 cm³/mol. The largest absolute Gasteiger partial charge is 0.495 e. The maximum Gasteiger partial charge on any atom is 0.371 e. The minimum atomic E-state index is -1.08. The minimum absolute atomic E-state index is 0.0713. The van der Waals surface area contributed by atoms with Crippen molar-refractivity contribution >= 4 is 27.6 Å². The maximum atomic E-state index is 10.7. The highest BCUT2D eigenvalue weighted by Crippen LogP contribution is 2.28. The number of anilines is 1. The molecule has 0 spiro atoms. The molecule has 100 valence electrons. The van der Waals surface area contributed by atoms with E-state index in [-0.39, 0.29) is 5.76 Å². The summed E-state index contributed by atoms with van der Waals surface area (Å²) in [5.74, 6) is 0.0944. The Balaban J connectivity index is 2.09. The molecule has 0 saturated heterocycles. The Labute approximate surface area is 118 Å². The van der Waals surface area contributed by atoms with E-state index in [1.165, 1.54) is 6.07 Å². The van der Waals surface area contributed by atoms with Crippen LogP contribution in [-0.4, -0.2) is 18.2 Å². The van der Waals surface area contributed by atoms with Crippen LogP contribution in [0.25, 0.3) is 0 Å². The predicted octanol–water partition coefficient (Wildman–Crippen LogP) is 3.36. The van der Waals surface area contributed by atoms with Crippen LogP contribution in [0.5, 0.6) is 5.75 Å². The van der Waals surface area contributed by atoms with Crippen molar-refractivity contribution < 1.29 is 19.1 Å². The Kier molecular flexibility index (Phi) is 4.11. The van der Waals surface area contributed by atoms with Crippen LogP contribution in [0.3, 0.4) is 0 Å². The first-order chi connectivity index (χ1) is 9.10. The molecular weight excluding hydrogens is 314 g/mol. The fourth-order valence-electron chi connectivity index (χ4n) is 1.59. The Hall–Kier alpha value is -1.95. The fraction of sp³-hybridized carbons (Fsp3) is 0.154. The van der Waals surface area contributed by atoms with Gasteiger partial charge in [-0.2, -0.15) is 0 Å². The molecule has 5 nitrogen and oxygen atoms in total. The summed E-state index contributed by atoms with van der Waals surface area (Å²) in [5, 5.41) is 11.9. The smallest absolute Gasteiger partial charge is 0.371 e. The Morgan fingerprint density at radius 3 is 2.84 bits per heavy atom. The molecule has 0 fully saturated rings. The topological polar surface area (TPSA) is 71.7 Å². The van der Waals surface area contributed by atoms with Crippen LogP contribution in [-0.2, 0) is 6.54 Å². The van der Waals surface area contributed by atoms with Gasteiger partial charge >= 0.3 is 5.97 Å². The lowest BCUT2D eigenvalue weighted by molar-refractivity contribution is 0.0660. The molecule has 6 heteroatoms. The number of nitrogens with one attached hydrogen (secondary N) is 1. The van der Waals surface area contributed by atoms with Gasteiger partial charge < -0.3 is 19.6 Å². The first-order valence-corrected chi connectivity index (χ1v) is 6.29. The number of methoxy groups -OCH3 is 1. The van der Waals surface area contributed by atoms with Crippen LogP contribution in [0, 0.1) is 0 Å². The molecule has 0 radical (unpaired) electrons. The SMILES string of the molecule is COc1ccc(Br)cc1NCc1ccc(C(=O)O)o1. The zero-order chi connectivity index (χ0) is 13.8. The number of aromatic carboxylic acids is 1. The van der Waals surface area contributed by atoms with E-state index in [0.717, 1.165) is 10.2 Å². The number of hydrogen-bond donors (Lipinski definition) is 2. The molecule has 0 saturated carbocycles.